The van der Waals surface area contributed by atoms with E-state index in [2.05, 4.69) is 29.2 Å². The summed E-state index contributed by atoms with van der Waals surface area (Å²) in [5.41, 5.74) is 1.93. The van der Waals surface area contributed by atoms with E-state index in [1.165, 1.54) is 0 Å². The summed E-state index contributed by atoms with van der Waals surface area (Å²) in [5.74, 6) is 0. The molecule has 1 unspecified atom stereocenters. The molecular formula is C21H25NO4. The minimum absolute atomic E-state index is 0.142. The molecule has 138 valence electrons. The van der Waals surface area contributed by atoms with Crippen LogP contribution in [-0.4, -0.2) is 48.6 Å². The minimum atomic E-state index is -0.309. The zero-order chi connectivity index (χ0) is 17.8. The summed E-state index contributed by atoms with van der Waals surface area (Å²) in [5, 5.41) is 8.99. The number of nitrogens with zero attached hydrogens (tertiary/aromatic N) is 1. The normalized spacial score (nSPS) is 28.3. The Bertz CT molecular complexity index is 642. The first kappa shape index (κ1) is 17.6. The van der Waals surface area contributed by atoms with Crippen LogP contribution in [0.25, 0.3) is 0 Å². The maximum Gasteiger partial charge on any atom is 0.139 e. The van der Waals surface area contributed by atoms with Crippen molar-refractivity contribution in [2.24, 2.45) is 0 Å². The van der Waals surface area contributed by atoms with Crippen molar-refractivity contribution >= 4 is 0 Å². The Hall–Kier alpha value is -1.76. The number of benzene rings is 2. The standard InChI is InChI=1S/C21H25NO4/c23-12-7-13-24-14-21-15-25-19(17-8-3-1-4-9-17)22(21)20(26-16-21)18-10-5-2-6-11-18/h1-6,8-11,19-20,23H,7,12-16H2/t19-,20+,21?. The number of hydrogen-bond donors (Lipinski definition) is 1. The molecule has 4 rings (SSSR count). The Morgan fingerprint density at radius 3 is 1.96 bits per heavy atom. The second kappa shape index (κ2) is 7.86. The van der Waals surface area contributed by atoms with E-state index in [1.54, 1.807) is 0 Å². The van der Waals surface area contributed by atoms with Crippen molar-refractivity contribution in [1.29, 1.82) is 0 Å². The molecule has 2 heterocycles. The van der Waals surface area contributed by atoms with Gasteiger partial charge in [0.1, 0.15) is 12.5 Å². The average Bonchev–Trinajstić information content (AvgIpc) is 3.24. The predicted molar refractivity (Wildman–Crippen MR) is 97.4 cm³/mol. The average molecular weight is 355 g/mol. The van der Waals surface area contributed by atoms with Gasteiger partial charge < -0.3 is 19.3 Å². The lowest BCUT2D eigenvalue weighted by Gasteiger charge is -2.34. The Morgan fingerprint density at radius 1 is 0.923 bits per heavy atom. The molecule has 2 saturated heterocycles. The van der Waals surface area contributed by atoms with Gasteiger partial charge in [0.2, 0.25) is 0 Å². The Labute approximate surface area is 154 Å². The minimum Gasteiger partial charge on any atom is -0.396 e. The van der Waals surface area contributed by atoms with Gasteiger partial charge in [0.05, 0.1) is 25.4 Å². The fourth-order valence-electron chi connectivity index (χ4n) is 3.78. The van der Waals surface area contributed by atoms with Gasteiger partial charge in [-0.2, -0.15) is 0 Å². The van der Waals surface area contributed by atoms with E-state index < -0.39 is 0 Å². The van der Waals surface area contributed by atoms with E-state index in [0.717, 1.165) is 11.1 Å². The van der Waals surface area contributed by atoms with Crippen molar-refractivity contribution in [2.45, 2.75) is 24.4 Å². The molecule has 2 fully saturated rings. The van der Waals surface area contributed by atoms with Crippen LogP contribution in [0.2, 0.25) is 0 Å². The largest absolute Gasteiger partial charge is 0.396 e. The quantitative estimate of drug-likeness (QED) is 0.774. The van der Waals surface area contributed by atoms with Gasteiger partial charge in [0.25, 0.3) is 0 Å². The maximum atomic E-state index is 8.99. The van der Waals surface area contributed by atoms with E-state index in [0.29, 0.717) is 32.8 Å². The highest BCUT2D eigenvalue weighted by molar-refractivity contribution is 5.25. The summed E-state index contributed by atoms with van der Waals surface area (Å²) in [4.78, 5) is 2.32. The molecule has 26 heavy (non-hydrogen) atoms. The predicted octanol–water partition coefficient (Wildman–Crippen LogP) is 2.88. The van der Waals surface area contributed by atoms with Crippen LogP contribution in [0.4, 0.5) is 0 Å². The van der Waals surface area contributed by atoms with Crippen LogP contribution in [0.3, 0.4) is 0 Å². The molecule has 1 N–H and O–H groups in total. The molecule has 5 nitrogen and oxygen atoms in total. The Kier molecular flexibility index (Phi) is 5.33. The van der Waals surface area contributed by atoms with Crippen molar-refractivity contribution < 1.29 is 19.3 Å². The van der Waals surface area contributed by atoms with Gasteiger partial charge in [0, 0.05) is 13.2 Å². The van der Waals surface area contributed by atoms with Gasteiger partial charge >= 0.3 is 0 Å². The van der Waals surface area contributed by atoms with Gasteiger partial charge in [-0.05, 0) is 17.5 Å². The van der Waals surface area contributed by atoms with E-state index in [9.17, 15) is 0 Å². The van der Waals surface area contributed by atoms with E-state index >= 15 is 0 Å². The van der Waals surface area contributed by atoms with Crippen LogP contribution < -0.4 is 0 Å². The molecule has 2 aromatic carbocycles. The molecular weight excluding hydrogens is 330 g/mol. The molecule has 0 spiro atoms. The monoisotopic (exact) mass is 355 g/mol. The highest BCUT2D eigenvalue weighted by Crippen LogP contribution is 2.48. The number of rotatable bonds is 7. The number of hydrogen-bond acceptors (Lipinski definition) is 5. The molecule has 0 aromatic heterocycles. The number of ether oxygens (including phenoxy) is 3. The summed E-state index contributed by atoms with van der Waals surface area (Å²) < 4.78 is 18.3. The van der Waals surface area contributed by atoms with Gasteiger partial charge in [-0.15, -0.1) is 0 Å². The first-order valence-electron chi connectivity index (χ1n) is 9.14. The van der Waals surface area contributed by atoms with Gasteiger partial charge in [0.15, 0.2) is 0 Å². The first-order valence-corrected chi connectivity index (χ1v) is 9.14. The van der Waals surface area contributed by atoms with Gasteiger partial charge in [-0.3, -0.25) is 0 Å². The smallest absolute Gasteiger partial charge is 0.139 e. The zero-order valence-electron chi connectivity index (χ0n) is 14.8. The van der Waals surface area contributed by atoms with E-state index in [4.69, 9.17) is 19.3 Å². The lowest BCUT2D eigenvalue weighted by atomic mass is 10.0. The first-order chi connectivity index (χ1) is 12.8. The van der Waals surface area contributed by atoms with Crippen LogP contribution in [0.5, 0.6) is 0 Å². The fraction of sp³-hybridized carbons (Fsp3) is 0.429. The van der Waals surface area contributed by atoms with Crippen molar-refractivity contribution in [1.82, 2.24) is 4.90 Å². The lowest BCUT2D eigenvalue weighted by molar-refractivity contribution is -0.0642. The summed E-state index contributed by atoms with van der Waals surface area (Å²) in [6.45, 7) is 2.34. The van der Waals surface area contributed by atoms with Crippen molar-refractivity contribution in [3.8, 4) is 0 Å². The third-order valence-corrected chi connectivity index (χ3v) is 5.06. The van der Waals surface area contributed by atoms with Gasteiger partial charge in [-0.25, -0.2) is 4.90 Å². The van der Waals surface area contributed by atoms with Crippen LogP contribution in [-0.2, 0) is 14.2 Å². The Morgan fingerprint density at radius 2 is 1.46 bits per heavy atom. The van der Waals surface area contributed by atoms with Crippen molar-refractivity contribution in [2.75, 3.05) is 33.0 Å². The lowest BCUT2D eigenvalue weighted by Crippen LogP contribution is -2.48. The molecule has 3 atom stereocenters. The molecule has 0 radical (unpaired) electrons. The summed E-state index contributed by atoms with van der Waals surface area (Å²) in [6, 6.07) is 20.5. The van der Waals surface area contributed by atoms with Crippen LogP contribution in [0.15, 0.2) is 60.7 Å². The number of aliphatic hydroxyl groups is 1. The molecule has 2 aliphatic heterocycles. The highest BCUT2D eigenvalue weighted by Gasteiger charge is 2.56. The maximum absolute atomic E-state index is 8.99. The Balaban J connectivity index is 1.62. The van der Waals surface area contributed by atoms with Gasteiger partial charge in [-0.1, -0.05) is 60.7 Å². The SMILES string of the molecule is OCCCOCC12CO[C@H](c3ccccc3)N1[C@H](c1ccccc1)OC2. The second-order valence-corrected chi connectivity index (χ2v) is 6.91. The van der Waals surface area contributed by atoms with Crippen molar-refractivity contribution in [3.63, 3.8) is 0 Å². The zero-order valence-corrected chi connectivity index (χ0v) is 14.8. The number of aliphatic hydroxyl groups excluding tert-OH is 1. The summed E-state index contributed by atoms with van der Waals surface area (Å²) in [7, 11) is 0. The van der Waals surface area contributed by atoms with Crippen LogP contribution in [0, 0.1) is 0 Å². The molecule has 0 saturated carbocycles. The van der Waals surface area contributed by atoms with E-state index in [-0.39, 0.29) is 24.6 Å². The molecule has 0 aliphatic carbocycles. The fourth-order valence-corrected chi connectivity index (χ4v) is 3.78. The topological polar surface area (TPSA) is 51.2 Å². The third-order valence-electron chi connectivity index (χ3n) is 5.06. The third kappa shape index (κ3) is 3.29. The molecule has 2 aliphatic rings. The molecule has 2 aromatic rings. The summed E-state index contributed by atoms with van der Waals surface area (Å²) in [6.07, 6.45) is 0.317. The number of fused-ring (bicyclic) bond motifs is 1. The van der Waals surface area contributed by atoms with Crippen molar-refractivity contribution in [3.05, 3.63) is 71.8 Å². The molecule has 5 heteroatoms. The van der Waals surface area contributed by atoms with Crippen LogP contribution in [0.1, 0.15) is 30.0 Å². The molecule has 0 bridgehead atoms. The highest BCUT2D eigenvalue weighted by atomic mass is 16.6. The van der Waals surface area contributed by atoms with Crippen LogP contribution >= 0.6 is 0 Å². The molecule has 0 amide bonds. The second-order valence-electron chi connectivity index (χ2n) is 6.91. The summed E-state index contributed by atoms with van der Waals surface area (Å²) >= 11 is 0. The van der Waals surface area contributed by atoms with E-state index in [1.807, 2.05) is 36.4 Å².